The molecule has 0 fully saturated rings. The molecule has 0 aliphatic rings. The van der Waals surface area contributed by atoms with Gasteiger partial charge < -0.3 is 4.79 Å². The van der Waals surface area contributed by atoms with E-state index in [1.807, 2.05) is 6.92 Å². The van der Waals surface area contributed by atoms with E-state index in [0.717, 1.165) is 47.4 Å². The monoisotopic (exact) mass is 611 g/mol. The van der Waals surface area contributed by atoms with Gasteiger partial charge in [0.2, 0.25) is 0 Å². The minimum Gasteiger partial charge on any atom is -0.303 e. The first-order valence-corrected chi connectivity index (χ1v) is 18.0. The first-order valence-electron chi connectivity index (χ1n) is 17.1. The van der Waals surface area contributed by atoms with Crippen LogP contribution in [0, 0.1) is 23.2 Å². The molecule has 2 atom stereocenters. The lowest BCUT2D eigenvalue weighted by atomic mass is 9.67. The minimum absolute atomic E-state index is 0.366. The molecule has 3 heteroatoms. The lowest BCUT2D eigenvalue weighted by Gasteiger charge is -2.36. The second kappa shape index (κ2) is 20.2. The van der Waals surface area contributed by atoms with Gasteiger partial charge in [-0.15, -0.1) is 11.8 Å². The number of benzene rings is 2. The van der Waals surface area contributed by atoms with Crippen molar-refractivity contribution in [2.45, 2.75) is 117 Å². The van der Waals surface area contributed by atoms with Gasteiger partial charge in [0.05, 0.1) is 12.0 Å². The summed E-state index contributed by atoms with van der Waals surface area (Å²) < 4.78 is 0. The van der Waals surface area contributed by atoms with Gasteiger partial charge in [-0.25, -0.2) is 0 Å². The van der Waals surface area contributed by atoms with Crippen molar-refractivity contribution in [3.63, 3.8) is 0 Å². The topological polar surface area (TPSA) is 40.9 Å². The minimum atomic E-state index is -0.429. The molecule has 0 N–H and O–H groups in total. The zero-order valence-corrected chi connectivity index (χ0v) is 29.1. The number of thioether (sulfide) groups is 1. The number of carbonyl (C=O) groups excluding carboxylic acids is 1. The number of aldehydes is 1. The molecular formula is C41H57NOS. The second-order valence-corrected chi connectivity index (χ2v) is 13.6. The predicted octanol–water partition coefficient (Wildman–Crippen LogP) is 11.7. The van der Waals surface area contributed by atoms with Crippen molar-refractivity contribution in [1.82, 2.24) is 0 Å². The highest BCUT2D eigenvalue weighted by Gasteiger charge is 2.35. The van der Waals surface area contributed by atoms with Gasteiger partial charge in [-0.05, 0) is 84.6 Å². The van der Waals surface area contributed by atoms with E-state index in [0.29, 0.717) is 6.42 Å². The number of carbonyl (C=O) groups is 1. The maximum Gasteiger partial charge on any atom is 0.124 e. The van der Waals surface area contributed by atoms with Crippen LogP contribution in [-0.4, -0.2) is 12.0 Å². The van der Waals surface area contributed by atoms with Crippen LogP contribution in [0.2, 0.25) is 0 Å². The molecule has 0 bridgehead atoms. The van der Waals surface area contributed by atoms with Crippen molar-refractivity contribution in [2.75, 3.05) is 5.75 Å². The number of aryl methyl sites for hydroxylation is 2. The summed E-state index contributed by atoms with van der Waals surface area (Å²) in [5, 5.41) is 9.57. The number of unbranched alkanes of at least 4 members (excludes halogenated alkanes) is 6. The van der Waals surface area contributed by atoms with E-state index >= 15 is 0 Å². The average molecular weight is 612 g/mol. The Bertz CT molecular complexity index is 1180. The standard InChI is InChI=1S/C41H57NOS/c1-8-12-14-16-18-35-20-24-39(25-21-35)41(10-3,40-26-22-36(23-27-40)19-17-15-13-9-2)33(6)28-37(34(7)44-11-4)29-38(31-43)32(5)30-42/h20-28,31-32,38H,6-19,29H2,1-5H3/b37-28+/t32?,38-/m0/s1. The van der Waals surface area contributed by atoms with E-state index in [2.05, 4.69) is 95.0 Å². The zero-order valence-electron chi connectivity index (χ0n) is 28.3. The van der Waals surface area contributed by atoms with Gasteiger partial charge in [0.1, 0.15) is 6.29 Å². The lowest BCUT2D eigenvalue weighted by Crippen LogP contribution is -2.29. The number of nitrogens with zero attached hydrogens (tertiary/aromatic N) is 1. The van der Waals surface area contributed by atoms with Crippen LogP contribution in [0.5, 0.6) is 0 Å². The SMILES string of the molecule is C=C(SCC)/C(=C/C(=C)C(CC)(c1ccc(CCCCCC)cc1)c1ccc(CCCCCC)cc1)C[C@@H](C=O)C(C)C#N. The van der Waals surface area contributed by atoms with Gasteiger partial charge in [-0.1, -0.05) is 134 Å². The van der Waals surface area contributed by atoms with E-state index in [4.69, 9.17) is 6.58 Å². The fraction of sp³-hybridized carbons (Fsp3) is 0.512. The van der Waals surface area contributed by atoms with Gasteiger partial charge in [0.15, 0.2) is 0 Å². The van der Waals surface area contributed by atoms with Gasteiger partial charge in [0.25, 0.3) is 0 Å². The first-order chi connectivity index (χ1) is 21.3. The molecule has 0 amide bonds. The number of hydrogen-bond acceptors (Lipinski definition) is 3. The Morgan fingerprint density at radius 1 is 0.841 bits per heavy atom. The molecule has 0 saturated carbocycles. The summed E-state index contributed by atoms with van der Waals surface area (Å²) in [7, 11) is 0. The Morgan fingerprint density at radius 3 is 1.73 bits per heavy atom. The molecular weight excluding hydrogens is 555 g/mol. The lowest BCUT2D eigenvalue weighted by molar-refractivity contribution is -0.111. The summed E-state index contributed by atoms with van der Waals surface area (Å²) in [5.41, 5.74) is 6.80. The fourth-order valence-corrected chi connectivity index (χ4v) is 6.82. The number of nitriles is 1. The molecule has 0 aliphatic carbocycles. The molecule has 2 aromatic carbocycles. The third-order valence-corrected chi connectivity index (χ3v) is 10.0. The average Bonchev–Trinajstić information content (AvgIpc) is 3.05. The molecule has 2 aromatic rings. The Hall–Kier alpha value is -2.83. The van der Waals surface area contributed by atoms with Crippen LogP contribution in [0.4, 0.5) is 0 Å². The first kappa shape index (κ1) is 37.4. The molecule has 0 saturated heterocycles. The Labute approximate surface area is 274 Å². The van der Waals surface area contributed by atoms with Crippen LogP contribution in [0.15, 0.2) is 83.8 Å². The largest absolute Gasteiger partial charge is 0.303 e. The molecule has 0 aromatic heterocycles. The molecule has 2 nitrogen and oxygen atoms in total. The Kier molecular flexibility index (Phi) is 17.2. The molecule has 44 heavy (non-hydrogen) atoms. The van der Waals surface area contributed by atoms with Crippen molar-refractivity contribution in [2.24, 2.45) is 11.8 Å². The highest BCUT2D eigenvalue weighted by molar-refractivity contribution is 8.03. The van der Waals surface area contributed by atoms with Crippen LogP contribution in [0.3, 0.4) is 0 Å². The predicted molar refractivity (Wildman–Crippen MR) is 193 cm³/mol. The highest BCUT2D eigenvalue weighted by Crippen LogP contribution is 2.44. The van der Waals surface area contributed by atoms with Crippen molar-refractivity contribution < 1.29 is 4.79 Å². The van der Waals surface area contributed by atoms with E-state index in [1.54, 1.807) is 11.8 Å². The third-order valence-electron chi connectivity index (χ3n) is 9.11. The number of rotatable bonds is 22. The summed E-state index contributed by atoms with van der Waals surface area (Å²) in [5.74, 6) is 0.137. The molecule has 2 rings (SSSR count). The van der Waals surface area contributed by atoms with E-state index in [1.165, 1.54) is 73.6 Å². The molecule has 1 unspecified atom stereocenters. The summed E-state index contributed by atoms with van der Waals surface area (Å²) in [6.07, 6.45) is 16.7. The van der Waals surface area contributed by atoms with Crippen LogP contribution in [0.1, 0.15) is 121 Å². The maximum absolute atomic E-state index is 12.1. The van der Waals surface area contributed by atoms with Crippen LogP contribution < -0.4 is 0 Å². The smallest absolute Gasteiger partial charge is 0.124 e. The quantitative estimate of drug-likeness (QED) is 0.0755. The van der Waals surface area contributed by atoms with E-state index in [9.17, 15) is 10.1 Å². The third kappa shape index (κ3) is 10.7. The summed E-state index contributed by atoms with van der Waals surface area (Å²) in [6.45, 7) is 19.8. The number of hydrogen-bond donors (Lipinski definition) is 0. The summed E-state index contributed by atoms with van der Waals surface area (Å²) >= 11 is 1.69. The molecule has 0 spiro atoms. The molecule has 238 valence electrons. The van der Waals surface area contributed by atoms with E-state index < -0.39 is 5.41 Å². The van der Waals surface area contributed by atoms with Crippen LogP contribution >= 0.6 is 11.8 Å². The van der Waals surface area contributed by atoms with E-state index in [-0.39, 0.29) is 11.8 Å². The molecule has 0 aliphatic heterocycles. The normalized spacial score (nSPS) is 13.2. The van der Waals surface area contributed by atoms with Gasteiger partial charge in [-0.3, -0.25) is 0 Å². The fourth-order valence-electron chi connectivity index (χ4n) is 6.14. The van der Waals surface area contributed by atoms with Gasteiger partial charge >= 0.3 is 0 Å². The van der Waals surface area contributed by atoms with Crippen molar-refractivity contribution in [1.29, 1.82) is 5.26 Å². The highest BCUT2D eigenvalue weighted by atomic mass is 32.2. The summed E-state index contributed by atoms with van der Waals surface area (Å²) in [4.78, 5) is 13.0. The number of allylic oxidation sites excluding steroid dienone is 3. The van der Waals surface area contributed by atoms with Gasteiger partial charge in [0, 0.05) is 16.2 Å². The van der Waals surface area contributed by atoms with Gasteiger partial charge in [-0.2, -0.15) is 5.26 Å². The Balaban J connectivity index is 2.60. The molecule has 0 radical (unpaired) electrons. The second-order valence-electron chi connectivity index (χ2n) is 12.2. The maximum atomic E-state index is 12.1. The zero-order chi connectivity index (χ0) is 32.4. The summed E-state index contributed by atoms with van der Waals surface area (Å²) in [6, 6.07) is 20.7. The van der Waals surface area contributed by atoms with Crippen LogP contribution in [0.25, 0.3) is 0 Å². The van der Waals surface area contributed by atoms with Crippen molar-refractivity contribution >= 4 is 18.0 Å². The van der Waals surface area contributed by atoms with Crippen molar-refractivity contribution in [3.8, 4) is 6.07 Å². The Morgan fingerprint density at radius 2 is 1.34 bits per heavy atom. The van der Waals surface area contributed by atoms with Crippen LogP contribution in [-0.2, 0) is 23.1 Å². The van der Waals surface area contributed by atoms with Crippen molar-refractivity contribution in [3.05, 3.63) is 106 Å². The molecule has 0 heterocycles.